The van der Waals surface area contributed by atoms with Gasteiger partial charge in [0, 0.05) is 24.3 Å². The highest BCUT2D eigenvalue weighted by Gasteiger charge is 2.38. The van der Waals surface area contributed by atoms with E-state index in [1.54, 1.807) is 16.7 Å². The maximum absolute atomic E-state index is 13.9. The lowest BCUT2D eigenvalue weighted by molar-refractivity contribution is -0.123. The van der Waals surface area contributed by atoms with Crippen molar-refractivity contribution in [2.75, 3.05) is 30.3 Å². The lowest BCUT2D eigenvalue weighted by Gasteiger charge is -2.24. The minimum Gasteiger partial charge on any atom is -0.376 e. The summed E-state index contributed by atoms with van der Waals surface area (Å²) in [6.07, 6.45) is 1.96. The van der Waals surface area contributed by atoms with Crippen LogP contribution in [0.25, 0.3) is 16.9 Å². The second kappa shape index (κ2) is 11.9. The number of fused-ring (bicyclic) bond motifs is 1. The maximum Gasteiger partial charge on any atom is 0.240 e. The first-order valence-electron chi connectivity index (χ1n) is 14.1. The molecule has 0 unspecified atom stereocenters. The predicted octanol–water partition coefficient (Wildman–Crippen LogP) is 5.62. The number of aryl methyl sites for hydroxylation is 2. The molecule has 3 aromatic carbocycles. The van der Waals surface area contributed by atoms with E-state index in [-0.39, 0.29) is 35.5 Å². The van der Waals surface area contributed by atoms with Crippen LogP contribution in [0.3, 0.4) is 0 Å². The van der Waals surface area contributed by atoms with Crippen LogP contribution in [0, 0.1) is 13.8 Å². The van der Waals surface area contributed by atoms with E-state index in [0.29, 0.717) is 12.4 Å². The van der Waals surface area contributed by atoms with Gasteiger partial charge >= 0.3 is 0 Å². The number of nitrogens with one attached hydrogen (secondary N) is 1. The summed E-state index contributed by atoms with van der Waals surface area (Å²) in [5.74, 6) is 0.565. The fraction of sp³-hybridized carbons (Fsp3) is 0.303. The molecule has 7 nitrogen and oxygen atoms in total. The maximum atomic E-state index is 13.9. The molecule has 1 aromatic heterocycles. The fourth-order valence-corrected chi connectivity index (χ4v) is 6.95. The molecular weight excluding hydrogens is 532 g/mol. The Balaban J connectivity index is 1.54. The molecule has 210 valence electrons. The number of benzene rings is 3. The molecule has 0 spiro atoms. The van der Waals surface area contributed by atoms with Gasteiger partial charge in [0.05, 0.1) is 28.5 Å². The topological polar surface area (TPSA) is 76.5 Å². The van der Waals surface area contributed by atoms with Gasteiger partial charge in [-0.2, -0.15) is 5.10 Å². The molecule has 2 atom stereocenters. The van der Waals surface area contributed by atoms with Crippen LogP contribution in [0.5, 0.6) is 0 Å². The molecule has 3 heterocycles. The minimum atomic E-state index is -0.210. The molecule has 41 heavy (non-hydrogen) atoms. The highest BCUT2D eigenvalue weighted by molar-refractivity contribution is 8.00. The summed E-state index contributed by atoms with van der Waals surface area (Å²) >= 11 is 1.59. The zero-order valence-electron chi connectivity index (χ0n) is 23.4. The number of carbonyl (C=O) groups is 2. The molecule has 4 aromatic rings. The van der Waals surface area contributed by atoms with Crippen LogP contribution < -0.4 is 10.2 Å². The number of hydrogen-bond acceptors (Lipinski definition) is 5. The molecule has 0 radical (unpaired) electrons. The molecule has 8 heteroatoms. The summed E-state index contributed by atoms with van der Waals surface area (Å²) in [7, 11) is 0. The Morgan fingerprint density at radius 2 is 1.73 bits per heavy atom. The van der Waals surface area contributed by atoms with Crippen LogP contribution in [0.15, 0.2) is 78.9 Å². The third-order valence-electron chi connectivity index (χ3n) is 7.80. The Morgan fingerprint density at radius 1 is 1.00 bits per heavy atom. The van der Waals surface area contributed by atoms with Crippen molar-refractivity contribution in [1.82, 2.24) is 15.1 Å². The van der Waals surface area contributed by atoms with Crippen molar-refractivity contribution in [3.05, 3.63) is 101 Å². The number of ether oxygens (including phenoxy) is 1. The molecular formula is C33H34N4O3S. The number of hydrogen-bond donors (Lipinski definition) is 1. The molecule has 2 aliphatic rings. The number of para-hydroxylation sites is 1. The summed E-state index contributed by atoms with van der Waals surface area (Å²) in [6, 6.07) is 26.4. The van der Waals surface area contributed by atoms with E-state index in [9.17, 15) is 9.59 Å². The van der Waals surface area contributed by atoms with E-state index in [2.05, 4.69) is 36.5 Å². The molecule has 6 rings (SSSR count). The summed E-state index contributed by atoms with van der Waals surface area (Å²) in [6.45, 7) is 5.22. The van der Waals surface area contributed by atoms with Crippen molar-refractivity contribution in [2.24, 2.45) is 0 Å². The third-order valence-corrected chi connectivity index (χ3v) is 9.04. The number of anilines is 1. The Morgan fingerprint density at radius 3 is 2.46 bits per heavy atom. The molecule has 0 aliphatic carbocycles. The van der Waals surface area contributed by atoms with E-state index in [4.69, 9.17) is 9.84 Å². The van der Waals surface area contributed by atoms with Gasteiger partial charge in [-0.15, -0.1) is 11.8 Å². The quantitative estimate of drug-likeness (QED) is 0.314. The molecule has 2 aliphatic heterocycles. The molecule has 1 saturated heterocycles. The summed E-state index contributed by atoms with van der Waals surface area (Å²) in [5.41, 5.74) is 6.90. The average molecular weight is 567 g/mol. The van der Waals surface area contributed by atoms with Crippen LogP contribution in [0.1, 0.15) is 40.3 Å². The Hall–Kier alpha value is -3.88. The Bertz CT molecular complexity index is 1560. The number of thioether (sulfide) groups is 1. The first-order chi connectivity index (χ1) is 20.0. The summed E-state index contributed by atoms with van der Waals surface area (Å²) in [4.78, 5) is 28.9. The molecule has 0 saturated carbocycles. The minimum absolute atomic E-state index is 0.0255. The van der Waals surface area contributed by atoms with E-state index in [1.165, 1.54) is 0 Å². The van der Waals surface area contributed by atoms with Crippen LogP contribution in [0.2, 0.25) is 0 Å². The lowest BCUT2D eigenvalue weighted by atomic mass is 9.96. The number of carbonyl (C=O) groups excluding carboxylic acids is 2. The standard InChI is InChI=1S/C33H34N4O3S/c1-22-11-6-8-16-26(22)32-30-31(24-13-4-3-5-14-24)35-37(27-17-9-7-12-23(27)2)33(30)36(29(39)21-41-32)20-28(38)34-19-25-15-10-18-40-25/h3-9,11-14,16-17,25,32H,10,15,18-21H2,1-2H3,(H,34,38)/t25-,32-/m1/s1. The first-order valence-corrected chi connectivity index (χ1v) is 15.2. The van der Waals surface area contributed by atoms with Gasteiger partial charge in [-0.3, -0.25) is 14.5 Å². The van der Waals surface area contributed by atoms with Crippen LogP contribution >= 0.6 is 11.8 Å². The zero-order chi connectivity index (χ0) is 28.3. The van der Waals surface area contributed by atoms with Gasteiger partial charge in [0.25, 0.3) is 0 Å². The summed E-state index contributed by atoms with van der Waals surface area (Å²) < 4.78 is 7.57. The lowest BCUT2D eigenvalue weighted by Crippen LogP contribution is -2.44. The van der Waals surface area contributed by atoms with Gasteiger partial charge in [0.15, 0.2) is 0 Å². The van der Waals surface area contributed by atoms with Gasteiger partial charge in [-0.25, -0.2) is 4.68 Å². The number of aromatic nitrogens is 2. The molecule has 2 amide bonds. The molecule has 1 N–H and O–H groups in total. The van der Waals surface area contributed by atoms with Gasteiger partial charge in [-0.05, 0) is 49.4 Å². The van der Waals surface area contributed by atoms with Crippen LogP contribution in [-0.4, -0.2) is 53.1 Å². The first kappa shape index (κ1) is 27.3. The van der Waals surface area contributed by atoms with E-state index in [1.807, 2.05) is 66.2 Å². The second-order valence-electron chi connectivity index (χ2n) is 10.6. The smallest absolute Gasteiger partial charge is 0.240 e. The van der Waals surface area contributed by atoms with Crippen molar-refractivity contribution in [3.8, 4) is 16.9 Å². The van der Waals surface area contributed by atoms with Gasteiger partial charge < -0.3 is 10.1 Å². The van der Waals surface area contributed by atoms with Crippen LogP contribution in [-0.2, 0) is 14.3 Å². The van der Waals surface area contributed by atoms with E-state index >= 15 is 0 Å². The third kappa shape index (κ3) is 5.54. The highest BCUT2D eigenvalue weighted by Crippen LogP contribution is 2.49. The number of nitrogens with zero attached hydrogens (tertiary/aromatic N) is 3. The number of amides is 2. The van der Waals surface area contributed by atoms with Crippen molar-refractivity contribution in [3.63, 3.8) is 0 Å². The van der Waals surface area contributed by atoms with Gasteiger partial charge in [-0.1, -0.05) is 72.8 Å². The number of rotatable bonds is 7. The van der Waals surface area contributed by atoms with E-state index in [0.717, 1.165) is 58.6 Å². The van der Waals surface area contributed by atoms with Crippen LogP contribution in [0.4, 0.5) is 5.82 Å². The van der Waals surface area contributed by atoms with Crippen molar-refractivity contribution >= 4 is 29.4 Å². The summed E-state index contributed by atoms with van der Waals surface area (Å²) in [5, 5.41) is 8.06. The van der Waals surface area contributed by atoms with Crippen molar-refractivity contribution < 1.29 is 14.3 Å². The zero-order valence-corrected chi connectivity index (χ0v) is 24.2. The normalized spacial score (nSPS) is 18.7. The molecule has 1 fully saturated rings. The van der Waals surface area contributed by atoms with Gasteiger partial charge in [0.1, 0.15) is 12.4 Å². The van der Waals surface area contributed by atoms with Gasteiger partial charge in [0.2, 0.25) is 11.8 Å². The fourth-order valence-electron chi connectivity index (χ4n) is 5.66. The van der Waals surface area contributed by atoms with E-state index < -0.39 is 0 Å². The predicted molar refractivity (Wildman–Crippen MR) is 164 cm³/mol. The van der Waals surface area contributed by atoms with Crippen molar-refractivity contribution in [1.29, 1.82) is 0 Å². The highest BCUT2D eigenvalue weighted by atomic mass is 32.2. The van der Waals surface area contributed by atoms with Crippen molar-refractivity contribution in [2.45, 2.75) is 38.0 Å². The SMILES string of the molecule is Cc1ccccc1[C@H]1SCC(=O)N(CC(=O)NC[C@H]2CCCO2)c2c1c(-c1ccccc1)nn2-c1ccccc1C. The largest absolute Gasteiger partial charge is 0.376 e. The monoisotopic (exact) mass is 566 g/mol. The average Bonchev–Trinajstić information content (AvgIpc) is 3.62. The molecule has 0 bridgehead atoms. The Kier molecular flexibility index (Phi) is 7.94. The Labute approximate surface area is 244 Å². The second-order valence-corrected chi connectivity index (χ2v) is 11.7.